The molecule has 0 fully saturated rings. The molecule has 0 spiro atoms. The van der Waals surface area contributed by atoms with Crippen LogP contribution < -0.4 is 49.2 Å². The summed E-state index contributed by atoms with van der Waals surface area (Å²) in [5.74, 6) is 0. The Morgan fingerprint density at radius 3 is 1.19 bits per heavy atom. The van der Waals surface area contributed by atoms with Gasteiger partial charge >= 0.3 is 7.12 Å². The van der Waals surface area contributed by atoms with E-state index in [0.717, 1.165) is 38.0 Å². The van der Waals surface area contributed by atoms with Gasteiger partial charge in [-0.15, -0.1) is 21.9 Å². The predicted molar refractivity (Wildman–Crippen MR) is 162 cm³/mol. The lowest BCUT2D eigenvalue weighted by molar-refractivity contribution is 0.426. The van der Waals surface area contributed by atoms with Gasteiger partial charge in [0.2, 0.25) is 0 Å². The van der Waals surface area contributed by atoms with E-state index in [1.54, 1.807) is 0 Å². The molecule has 0 heterocycles. The predicted octanol–water partition coefficient (Wildman–Crippen LogP) is -10.6. The molecule has 2 N–H and O–H groups in total. The molecule has 142 valence electrons. The van der Waals surface area contributed by atoms with Gasteiger partial charge in [-0.2, -0.15) is 0 Å². The summed E-state index contributed by atoms with van der Waals surface area (Å²) in [6.45, 7) is 0. The van der Waals surface area contributed by atoms with Crippen molar-refractivity contribution in [2.75, 3.05) is 0 Å². The van der Waals surface area contributed by atoms with Crippen LogP contribution in [0.15, 0.2) is 30.3 Å². The lowest BCUT2D eigenvalue weighted by Gasteiger charge is -2.27. The zero-order valence-electron chi connectivity index (χ0n) is 19.9. The zero-order valence-corrected chi connectivity index (χ0v) is 19.9. The molecule has 0 aromatic heterocycles. The SMILES string of the molecule is Bc1c(B)c(B)c2c(-c3ccccc3)c3c(B)c(B)c(B)c(B)c3c(B(O)O)c2c1B. The normalized spacial score (nSPS) is 11.3. The molecule has 0 aliphatic rings. The Hall–Kier alpha value is -2.10. The standard InChI is InChI=1S/C20H23B9O2/c21-12-8-7(6-4-2-1-3-5-6)9-11(15(24)19(28)17(26)13(9)22)20(29(30)31)10(8)14(23)18(27)16(12)25/h1-5,30-31H,21-28H2. The van der Waals surface area contributed by atoms with Crippen LogP contribution in [0.3, 0.4) is 0 Å². The molecule has 4 aromatic rings. The van der Waals surface area contributed by atoms with E-state index in [2.05, 4.69) is 87.0 Å². The topological polar surface area (TPSA) is 40.5 Å². The zero-order chi connectivity index (χ0) is 22.8. The van der Waals surface area contributed by atoms with Crippen molar-refractivity contribution >= 4 is 141 Å². The summed E-state index contributed by atoms with van der Waals surface area (Å²) in [6, 6.07) is 10.5. The van der Waals surface area contributed by atoms with Gasteiger partial charge in [0.05, 0.1) is 0 Å². The number of hydrogen-bond acceptors (Lipinski definition) is 2. The Bertz CT molecular complexity index is 1300. The summed E-state index contributed by atoms with van der Waals surface area (Å²) in [7, 11) is 15.6. The largest absolute Gasteiger partial charge is 0.489 e. The van der Waals surface area contributed by atoms with Gasteiger partial charge in [-0.05, 0) is 38.1 Å². The lowest BCUT2D eigenvalue weighted by Crippen LogP contribution is -2.53. The minimum absolute atomic E-state index is 0.636. The van der Waals surface area contributed by atoms with E-state index < -0.39 is 7.12 Å². The van der Waals surface area contributed by atoms with E-state index in [1.807, 2.05) is 6.07 Å². The van der Waals surface area contributed by atoms with Crippen molar-refractivity contribution in [2.45, 2.75) is 0 Å². The summed E-state index contributed by atoms with van der Waals surface area (Å²) in [6.07, 6.45) is 0. The summed E-state index contributed by atoms with van der Waals surface area (Å²) < 4.78 is 0. The first kappa shape index (κ1) is 22.1. The summed E-state index contributed by atoms with van der Waals surface area (Å²) in [5, 5.41) is 25.6. The van der Waals surface area contributed by atoms with E-state index in [4.69, 9.17) is 0 Å². The molecule has 0 amide bonds. The second-order valence-electron chi connectivity index (χ2n) is 9.03. The van der Waals surface area contributed by atoms with Crippen LogP contribution in [0.5, 0.6) is 0 Å². The fourth-order valence-corrected chi connectivity index (χ4v) is 5.33. The van der Waals surface area contributed by atoms with Crippen molar-refractivity contribution in [1.29, 1.82) is 0 Å². The van der Waals surface area contributed by atoms with Crippen molar-refractivity contribution in [1.82, 2.24) is 0 Å². The number of rotatable bonds is 2. The van der Waals surface area contributed by atoms with Crippen LogP contribution in [0.4, 0.5) is 0 Å². The Morgan fingerprint density at radius 2 is 0.839 bits per heavy atom. The molecule has 4 aromatic carbocycles. The monoisotopic (exact) mass is 394 g/mol. The van der Waals surface area contributed by atoms with Crippen molar-refractivity contribution in [3.05, 3.63) is 30.3 Å². The fraction of sp³-hybridized carbons (Fsp3) is 0. The molecule has 0 aliphatic heterocycles. The average Bonchev–Trinajstić information content (AvgIpc) is 2.76. The number of benzene rings is 4. The van der Waals surface area contributed by atoms with Crippen LogP contribution in [0.2, 0.25) is 0 Å². The van der Waals surface area contributed by atoms with Crippen molar-refractivity contribution in [3.8, 4) is 11.1 Å². The molecule has 2 nitrogen and oxygen atoms in total. The van der Waals surface area contributed by atoms with E-state index in [-0.39, 0.29) is 0 Å². The molecule has 0 saturated heterocycles. The van der Waals surface area contributed by atoms with E-state index >= 15 is 0 Å². The van der Waals surface area contributed by atoms with Gasteiger partial charge in [0.25, 0.3) is 0 Å². The maximum atomic E-state index is 10.7. The smallest absolute Gasteiger partial charge is 0.423 e. The quantitative estimate of drug-likeness (QED) is 0.263. The van der Waals surface area contributed by atoms with Crippen LogP contribution in [-0.4, -0.2) is 79.9 Å². The van der Waals surface area contributed by atoms with Gasteiger partial charge in [-0.25, -0.2) is 0 Å². The van der Waals surface area contributed by atoms with Crippen molar-refractivity contribution in [3.63, 3.8) is 0 Å². The Morgan fingerprint density at radius 1 is 0.484 bits per heavy atom. The molecule has 4 rings (SSSR count). The highest BCUT2D eigenvalue weighted by molar-refractivity contribution is 6.77. The Kier molecular flexibility index (Phi) is 5.56. The molecule has 0 bridgehead atoms. The van der Waals surface area contributed by atoms with E-state index in [0.29, 0.717) is 5.46 Å². The molecular formula is C20H23B9O2. The van der Waals surface area contributed by atoms with Crippen LogP contribution in [0.25, 0.3) is 32.7 Å². The van der Waals surface area contributed by atoms with Crippen molar-refractivity contribution < 1.29 is 10.0 Å². The average molecular weight is 393 g/mol. The molecule has 0 aliphatic carbocycles. The Balaban J connectivity index is 2.53. The first-order valence-corrected chi connectivity index (χ1v) is 11.0. The molecule has 0 radical (unpaired) electrons. The number of hydrogen-bond donors (Lipinski definition) is 2. The summed E-state index contributed by atoms with van der Waals surface area (Å²) in [4.78, 5) is 0. The molecule has 0 saturated carbocycles. The minimum atomic E-state index is -1.55. The third-order valence-corrected chi connectivity index (χ3v) is 7.73. The van der Waals surface area contributed by atoms with Gasteiger partial charge in [0, 0.05) is 0 Å². The highest BCUT2D eigenvalue weighted by Crippen LogP contribution is 2.32. The third kappa shape index (κ3) is 3.09. The van der Waals surface area contributed by atoms with E-state index in [9.17, 15) is 10.0 Å². The highest BCUT2D eigenvalue weighted by atomic mass is 16.4. The first-order chi connectivity index (χ1) is 14.6. The Labute approximate surface area is 192 Å². The van der Waals surface area contributed by atoms with Crippen LogP contribution in [-0.2, 0) is 0 Å². The van der Waals surface area contributed by atoms with Gasteiger partial charge in [-0.3, -0.25) is 0 Å². The van der Waals surface area contributed by atoms with Gasteiger partial charge in [0.15, 0.2) is 0 Å². The fourth-order valence-electron chi connectivity index (χ4n) is 5.33. The summed E-state index contributed by atoms with van der Waals surface area (Å²) in [5.41, 5.74) is 12.6. The molecule has 0 unspecified atom stereocenters. The first-order valence-electron chi connectivity index (χ1n) is 11.0. The maximum absolute atomic E-state index is 10.7. The molecule has 31 heavy (non-hydrogen) atoms. The molecular weight excluding hydrogens is 370 g/mol. The van der Waals surface area contributed by atoms with Crippen LogP contribution >= 0.6 is 0 Å². The van der Waals surface area contributed by atoms with E-state index in [1.165, 1.54) is 38.3 Å². The van der Waals surface area contributed by atoms with Crippen molar-refractivity contribution in [2.24, 2.45) is 0 Å². The highest BCUT2D eigenvalue weighted by Gasteiger charge is 2.28. The minimum Gasteiger partial charge on any atom is -0.423 e. The van der Waals surface area contributed by atoms with Gasteiger partial charge in [0.1, 0.15) is 62.8 Å². The van der Waals surface area contributed by atoms with Crippen LogP contribution in [0.1, 0.15) is 0 Å². The van der Waals surface area contributed by atoms with Gasteiger partial charge in [-0.1, -0.05) is 52.2 Å². The summed E-state index contributed by atoms with van der Waals surface area (Å²) >= 11 is 0. The second kappa shape index (κ2) is 7.79. The molecule has 11 heteroatoms. The maximum Gasteiger partial charge on any atom is 0.489 e. The van der Waals surface area contributed by atoms with Crippen LogP contribution in [0, 0.1) is 0 Å². The second-order valence-corrected chi connectivity index (χ2v) is 9.03. The number of fused-ring (bicyclic) bond motifs is 2. The third-order valence-electron chi connectivity index (χ3n) is 7.73. The lowest BCUT2D eigenvalue weighted by atomic mass is 9.56. The van der Waals surface area contributed by atoms with Gasteiger partial charge < -0.3 is 10.0 Å². The molecule has 0 atom stereocenters.